The predicted octanol–water partition coefficient (Wildman–Crippen LogP) is -0.589. The number of aliphatic carboxylic acids is 1. The first kappa shape index (κ1) is 12.4. The third-order valence-electron chi connectivity index (χ3n) is 1.60. The van der Waals surface area contributed by atoms with Crippen molar-refractivity contribution in [3.63, 3.8) is 0 Å². The largest absolute Gasteiger partial charge is 0.480 e. The highest BCUT2D eigenvalue weighted by molar-refractivity contribution is 8.00. The third kappa shape index (κ3) is 3.19. The summed E-state index contributed by atoms with van der Waals surface area (Å²) in [5.41, 5.74) is 0. The van der Waals surface area contributed by atoms with E-state index in [1.165, 1.54) is 7.11 Å². The van der Waals surface area contributed by atoms with Crippen LogP contribution in [-0.2, 0) is 20.9 Å². The summed E-state index contributed by atoms with van der Waals surface area (Å²) in [6, 6.07) is 0. The summed E-state index contributed by atoms with van der Waals surface area (Å²) in [7, 11) is 1.28. The lowest BCUT2D eigenvalue weighted by molar-refractivity contribution is -0.139. The predicted molar refractivity (Wildman–Crippen MR) is 52.8 cm³/mol. The van der Waals surface area contributed by atoms with Gasteiger partial charge in [0, 0.05) is 0 Å². The monoisotopic (exact) mass is 246 g/mol. The Morgan fingerprint density at radius 3 is 2.88 bits per heavy atom. The molecule has 0 bridgehead atoms. The Morgan fingerprint density at radius 1 is 1.62 bits per heavy atom. The highest BCUT2D eigenvalue weighted by Gasteiger charge is 2.19. The Labute approximate surface area is 95.0 Å². The topological polar surface area (TPSA) is 107 Å². The molecule has 9 heteroatoms. The van der Waals surface area contributed by atoms with Crippen molar-refractivity contribution in [3.8, 4) is 0 Å². The molecule has 1 unspecified atom stereocenters. The lowest BCUT2D eigenvalue weighted by Crippen LogP contribution is -2.17. The maximum Gasteiger partial charge on any atom is 0.325 e. The van der Waals surface area contributed by atoms with Crippen LogP contribution in [0.15, 0.2) is 5.16 Å². The van der Waals surface area contributed by atoms with Crippen molar-refractivity contribution in [2.24, 2.45) is 0 Å². The van der Waals surface area contributed by atoms with Crippen LogP contribution in [-0.4, -0.2) is 49.6 Å². The number of esters is 1. The average Bonchev–Trinajstić information content (AvgIpc) is 2.63. The molecule has 1 aromatic heterocycles. The Hall–Kier alpha value is -1.64. The maximum absolute atomic E-state index is 11.1. The standard InChI is InChI=1S/C7H10N4O4S/c1-4(6(14)15-2)16-7-8-9-10-11(7)3-5(12)13/h4H,3H2,1-2H3,(H,12,13). The van der Waals surface area contributed by atoms with Crippen LogP contribution < -0.4 is 0 Å². The molecule has 0 aliphatic carbocycles. The van der Waals surface area contributed by atoms with Gasteiger partial charge in [-0.15, -0.1) is 5.10 Å². The van der Waals surface area contributed by atoms with Crippen molar-refractivity contribution in [2.75, 3.05) is 7.11 Å². The molecule has 1 aromatic rings. The molecule has 0 radical (unpaired) electrons. The van der Waals surface area contributed by atoms with E-state index in [1.807, 2.05) is 0 Å². The number of ether oxygens (including phenoxy) is 1. The molecule has 1 N–H and O–H groups in total. The van der Waals surface area contributed by atoms with Crippen molar-refractivity contribution in [1.29, 1.82) is 0 Å². The Kier molecular flexibility index (Phi) is 4.23. The van der Waals surface area contributed by atoms with Crippen LogP contribution in [0.1, 0.15) is 6.92 Å². The van der Waals surface area contributed by atoms with Gasteiger partial charge >= 0.3 is 11.9 Å². The molecule has 1 heterocycles. The Balaban J connectivity index is 2.70. The van der Waals surface area contributed by atoms with Crippen LogP contribution >= 0.6 is 11.8 Å². The Bertz CT molecular complexity index is 393. The van der Waals surface area contributed by atoms with Crippen LogP contribution in [0, 0.1) is 0 Å². The third-order valence-corrected chi connectivity index (χ3v) is 2.65. The molecule has 1 rings (SSSR count). The molecule has 0 saturated heterocycles. The number of carbonyl (C=O) groups excluding carboxylic acids is 1. The van der Waals surface area contributed by atoms with Crippen LogP contribution in [0.4, 0.5) is 0 Å². The molecule has 0 amide bonds. The van der Waals surface area contributed by atoms with Crippen LogP contribution in [0.2, 0.25) is 0 Å². The number of thioether (sulfide) groups is 1. The Morgan fingerprint density at radius 2 is 2.31 bits per heavy atom. The molecule has 0 spiro atoms. The fourth-order valence-electron chi connectivity index (χ4n) is 0.880. The normalized spacial score (nSPS) is 12.1. The number of nitrogens with zero attached hydrogens (tertiary/aromatic N) is 4. The van der Waals surface area contributed by atoms with Gasteiger partial charge in [0.05, 0.1) is 7.11 Å². The number of carbonyl (C=O) groups is 2. The van der Waals surface area contributed by atoms with Gasteiger partial charge in [0.1, 0.15) is 11.8 Å². The fourth-order valence-corrected chi connectivity index (χ4v) is 1.70. The summed E-state index contributed by atoms with van der Waals surface area (Å²) in [4.78, 5) is 21.6. The summed E-state index contributed by atoms with van der Waals surface area (Å²) in [5.74, 6) is -1.48. The van der Waals surface area contributed by atoms with Gasteiger partial charge in [-0.2, -0.15) is 0 Å². The number of carboxylic acids is 1. The van der Waals surface area contributed by atoms with Gasteiger partial charge in [-0.3, -0.25) is 9.59 Å². The number of rotatable bonds is 5. The number of methoxy groups -OCH3 is 1. The highest BCUT2D eigenvalue weighted by atomic mass is 32.2. The molecular weight excluding hydrogens is 236 g/mol. The second-order valence-corrected chi connectivity index (χ2v) is 4.10. The number of hydrogen-bond acceptors (Lipinski definition) is 7. The molecule has 88 valence electrons. The summed E-state index contributed by atoms with van der Waals surface area (Å²) in [6.45, 7) is 1.28. The zero-order valence-corrected chi connectivity index (χ0v) is 9.47. The lowest BCUT2D eigenvalue weighted by atomic mass is 10.5. The summed E-state index contributed by atoms with van der Waals surface area (Å²) < 4.78 is 5.63. The molecular formula is C7H10N4O4S. The van der Waals surface area contributed by atoms with Gasteiger partial charge in [-0.1, -0.05) is 11.8 Å². The lowest BCUT2D eigenvalue weighted by Gasteiger charge is -2.07. The number of hydrogen-bond donors (Lipinski definition) is 1. The minimum Gasteiger partial charge on any atom is -0.480 e. The molecule has 0 aliphatic heterocycles. The quantitative estimate of drug-likeness (QED) is 0.542. The first-order chi connectivity index (χ1) is 7.54. The highest BCUT2D eigenvalue weighted by Crippen LogP contribution is 2.20. The smallest absolute Gasteiger partial charge is 0.325 e. The van der Waals surface area contributed by atoms with Gasteiger partial charge < -0.3 is 9.84 Å². The van der Waals surface area contributed by atoms with E-state index < -0.39 is 17.2 Å². The second-order valence-electron chi connectivity index (χ2n) is 2.80. The molecule has 16 heavy (non-hydrogen) atoms. The average molecular weight is 246 g/mol. The maximum atomic E-state index is 11.1. The van der Waals surface area contributed by atoms with Crippen molar-refractivity contribution < 1.29 is 19.4 Å². The number of carboxylic acid groups (broad SMARTS) is 1. The van der Waals surface area contributed by atoms with Crippen molar-refractivity contribution in [2.45, 2.75) is 23.9 Å². The van der Waals surface area contributed by atoms with Gasteiger partial charge in [0.2, 0.25) is 5.16 Å². The minimum atomic E-state index is -1.06. The molecule has 0 aromatic carbocycles. The number of aromatic nitrogens is 4. The molecule has 0 saturated carbocycles. The van der Waals surface area contributed by atoms with E-state index in [2.05, 4.69) is 20.3 Å². The zero-order valence-electron chi connectivity index (χ0n) is 8.65. The summed E-state index contributed by atoms with van der Waals surface area (Å²) in [6.07, 6.45) is 0. The van der Waals surface area contributed by atoms with E-state index in [9.17, 15) is 9.59 Å². The van der Waals surface area contributed by atoms with Gasteiger partial charge in [0.25, 0.3) is 0 Å². The van der Waals surface area contributed by atoms with Gasteiger partial charge in [-0.25, -0.2) is 4.68 Å². The molecule has 0 fully saturated rings. The SMILES string of the molecule is COC(=O)C(C)Sc1nnnn1CC(=O)O. The second kappa shape index (κ2) is 5.45. The zero-order chi connectivity index (χ0) is 12.1. The number of tetrazole rings is 1. The summed E-state index contributed by atoms with van der Waals surface area (Å²) >= 11 is 1.04. The van der Waals surface area contributed by atoms with E-state index in [1.54, 1.807) is 6.92 Å². The van der Waals surface area contributed by atoms with E-state index in [-0.39, 0.29) is 11.7 Å². The first-order valence-corrected chi connectivity index (χ1v) is 5.15. The summed E-state index contributed by atoms with van der Waals surface area (Å²) in [5, 5.41) is 18.8. The molecule has 0 aliphatic rings. The van der Waals surface area contributed by atoms with Gasteiger partial charge in [-0.05, 0) is 17.4 Å². The van der Waals surface area contributed by atoms with Crippen LogP contribution in [0.25, 0.3) is 0 Å². The molecule has 1 atom stereocenters. The van der Waals surface area contributed by atoms with E-state index in [0.717, 1.165) is 16.4 Å². The van der Waals surface area contributed by atoms with Crippen molar-refractivity contribution >= 4 is 23.7 Å². The van der Waals surface area contributed by atoms with Crippen LogP contribution in [0.5, 0.6) is 0 Å². The van der Waals surface area contributed by atoms with Gasteiger partial charge in [0.15, 0.2) is 0 Å². The van der Waals surface area contributed by atoms with Crippen molar-refractivity contribution in [1.82, 2.24) is 20.2 Å². The minimum absolute atomic E-state index is 0.264. The van der Waals surface area contributed by atoms with Crippen molar-refractivity contribution in [3.05, 3.63) is 0 Å². The van der Waals surface area contributed by atoms with Crippen LogP contribution in [0.3, 0.4) is 0 Å². The molecule has 8 nitrogen and oxygen atoms in total. The fraction of sp³-hybridized carbons (Fsp3) is 0.571. The van der Waals surface area contributed by atoms with E-state index in [4.69, 9.17) is 5.11 Å². The first-order valence-electron chi connectivity index (χ1n) is 4.27. The van der Waals surface area contributed by atoms with E-state index in [0.29, 0.717) is 0 Å². The van der Waals surface area contributed by atoms with E-state index >= 15 is 0 Å².